The van der Waals surface area contributed by atoms with Crippen molar-refractivity contribution >= 4 is 46.4 Å². The van der Waals surface area contributed by atoms with Crippen molar-refractivity contribution in [2.75, 3.05) is 5.32 Å². The highest BCUT2D eigenvalue weighted by atomic mass is 35.5. The Hall–Kier alpha value is -1.43. The van der Waals surface area contributed by atoms with Crippen LogP contribution in [0.3, 0.4) is 0 Å². The number of nitrogens with one attached hydrogen (secondary N) is 1. The van der Waals surface area contributed by atoms with Crippen LogP contribution in [0.5, 0.6) is 0 Å². The van der Waals surface area contributed by atoms with Gasteiger partial charge in [-0.05, 0) is 19.1 Å². The molecule has 2 aromatic heterocycles. The number of pyridine rings is 1. The molecule has 2 heterocycles. The third-order valence-corrected chi connectivity index (χ3v) is 2.94. The molecule has 8 heteroatoms. The first-order chi connectivity index (χ1) is 8.97. The van der Waals surface area contributed by atoms with E-state index in [0.717, 1.165) is 0 Å². The summed E-state index contributed by atoms with van der Waals surface area (Å²) in [6.07, 6.45) is 1.20. The highest BCUT2D eigenvalue weighted by Crippen LogP contribution is 2.26. The highest BCUT2D eigenvalue weighted by Gasteiger charge is 2.14. The van der Waals surface area contributed by atoms with Crippen molar-refractivity contribution in [3.63, 3.8) is 0 Å². The van der Waals surface area contributed by atoms with Gasteiger partial charge in [0.25, 0.3) is 5.91 Å². The molecule has 0 unspecified atom stereocenters. The molecule has 0 aliphatic heterocycles. The van der Waals surface area contributed by atoms with E-state index < -0.39 is 5.91 Å². The molecule has 0 radical (unpaired) electrons. The summed E-state index contributed by atoms with van der Waals surface area (Å²) in [5.74, 6) is -0.425. The third-order valence-electron chi connectivity index (χ3n) is 2.18. The van der Waals surface area contributed by atoms with Crippen LogP contribution < -0.4 is 5.32 Å². The van der Waals surface area contributed by atoms with Gasteiger partial charge in [0, 0.05) is 11.3 Å². The van der Waals surface area contributed by atoms with Crippen LogP contribution >= 0.6 is 34.8 Å². The number of anilines is 1. The van der Waals surface area contributed by atoms with Crippen LogP contribution in [0.15, 0.2) is 18.5 Å². The van der Waals surface area contributed by atoms with E-state index in [-0.39, 0.29) is 21.1 Å². The zero-order chi connectivity index (χ0) is 14.0. The average Bonchev–Trinajstić information content (AvgIpc) is 2.32. The number of halogens is 3. The van der Waals surface area contributed by atoms with Crippen LogP contribution in [0, 0.1) is 6.92 Å². The Labute approximate surface area is 123 Å². The molecule has 0 aromatic carbocycles. The van der Waals surface area contributed by atoms with Crippen LogP contribution in [0.1, 0.15) is 16.1 Å². The maximum atomic E-state index is 12.1. The largest absolute Gasteiger partial charge is 0.317 e. The van der Waals surface area contributed by atoms with Gasteiger partial charge in [0.15, 0.2) is 10.3 Å². The summed E-state index contributed by atoms with van der Waals surface area (Å²) < 4.78 is 0. The Kier molecular flexibility index (Phi) is 4.19. The Balaban J connectivity index is 2.31. The first-order valence-electron chi connectivity index (χ1n) is 5.09. The molecule has 2 aromatic rings. The summed E-state index contributed by atoms with van der Waals surface area (Å²) in [7, 11) is 0. The monoisotopic (exact) mass is 316 g/mol. The third kappa shape index (κ3) is 3.32. The summed E-state index contributed by atoms with van der Waals surface area (Å²) in [6.45, 7) is 1.73. The predicted octanol–water partition coefficient (Wildman–Crippen LogP) is 3.39. The molecule has 0 fully saturated rings. The van der Waals surface area contributed by atoms with Gasteiger partial charge >= 0.3 is 0 Å². The van der Waals surface area contributed by atoms with Gasteiger partial charge in [-0.2, -0.15) is 0 Å². The molecule has 19 heavy (non-hydrogen) atoms. The van der Waals surface area contributed by atoms with Crippen LogP contribution in [-0.2, 0) is 0 Å². The summed E-state index contributed by atoms with van der Waals surface area (Å²) >= 11 is 17.5. The number of carbonyl (C=O) groups excluding carboxylic acids is 1. The molecular formula is C11H7Cl3N4O. The van der Waals surface area contributed by atoms with Crippen molar-refractivity contribution in [2.45, 2.75) is 6.92 Å². The second-order valence-electron chi connectivity index (χ2n) is 3.60. The van der Waals surface area contributed by atoms with Crippen molar-refractivity contribution in [3.8, 4) is 0 Å². The van der Waals surface area contributed by atoms with E-state index in [2.05, 4.69) is 20.3 Å². The van der Waals surface area contributed by atoms with E-state index in [1.54, 1.807) is 13.0 Å². The lowest BCUT2D eigenvalue weighted by atomic mass is 10.2. The summed E-state index contributed by atoms with van der Waals surface area (Å²) in [4.78, 5) is 23.5. The van der Waals surface area contributed by atoms with Gasteiger partial charge in [0.2, 0.25) is 0 Å². The van der Waals surface area contributed by atoms with Crippen molar-refractivity contribution in [1.82, 2.24) is 15.0 Å². The average molecular weight is 318 g/mol. The molecule has 0 spiro atoms. The Morgan fingerprint density at radius 1 is 1.16 bits per heavy atom. The molecule has 0 saturated heterocycles. The van der Waals surface area contributed by atoms with E-state index in [0.29, 0.717) is 11.3 Å². The van der Waals surface area contributed by atoms with Crippen molar-refractivity contribution in [1.29, 1.82) is 0 Å². The zero-order valence-corrected chi connectivity index (χ0v) is 11.9. The molecule has 98 valence electrons. The normalized spacial score (nSPS) is 10.3. The SMILES string of the molecule is Cc1cc(C(=O)Nc2c(Cl)ncnc2Cl)cc(Cl)n1. The topological polar surface area (TPSA) is 67.8 Å². The van der Waals surface area contributed by atoms with E-state index in [1.807, 2.05) is 0 Å². The van der Waals surface area contributed by atoms with Crippen molar-refractivity contribution in [3.05, 3.63) is 45.2 Å². The smallest absolute Gasteiger partial charge is 0.256 e. The Bertz CT molecular complexity index is 607. The van der Waals surface area contributed by atoms with E-state index in [9.17, 15) is 4.79 Å². The minimum atomic E-state index is -0.425. The second kappa shape index (κ2) is 5.69. The van der Waals surface area contributed by atoms with Crippen molar-refractivity contribution < 1.29 is 4.79 Å². The van der Waals surface area contributed by atoms with Crippen LogP contribution in [-0.4, -0.2) is 20.9 Å². The first-order valence-corrected chi connectivity index (χ1v) is 6.22. The van der Waals surface area contributed by atoms with Crippen LogP contribution in [0.25, 0.3) is 0 Å². The highest BCUT2D eigenvalue weighted by molar-refractivity contribution is 6.38. The Morgan fingerprint density at radius 2 is 1.79 bits per heavy atom. The number of aryl methyl sites for hydroxylation is 1. The van der Waals surface area contributed by atoms with E-state index in [4.69, 9.17) is 34.8 Å². The summed E-state index contributed by atoms with van der Waals surface area (Å²) in [6, 6.07) is 3.03. The van der Waals surface area contributed by atoms with Crippen LogP contribution in [0.2, 0.25) is 15.5 Å². The lowest BCUT2D eigenvalue weighted by Crippen LogP contribution is -2.14. The quantitative estimate of drug-likeness (QED) is 0.681. The molecule has 1 N–H and O–H groups in total. The number of carbonyl (C=O) groups is 1. The molecule has 5 nitrogen and oxygen atoms in total. The summed E-state index contributed by atoms with van der Waals surface area (Å²) in [5, 5.41) is 2.88. The molecule has 0 aliphatic carbocycles. The maximum absolute atomic E-state index is 12.1. The number of rotatable bonds is 2. The van der Waals surface area contributed by atoms with Gasteiger partial charge in [0.05, 0.1) is 0 Å². The lowest BCUT2D eigenvalue weighted by molar-refractivity contribution is 0.102. The maximum Gasteiger partial charge on any atom is 0.256 e. The molecule has 0 aliphatic rings. The van der Waals surface area contributed by atoms with E-state index >= 15 is 0 Å². The van der Waals surface area contributed by atoms with Gasteiger partial charge < -0.3 is 5.32 Å². The number of amides is 1. The second-order valence-corrected chi connectivity index (χ2v) is 4.71. The number of hydrogen-bond donors (Lipinski definition) is 1. The molecule has 2 rings (SSSR count). The zero-order valence-electron chi connectivity index (χ0n) is 9.62. The minimum Gasteiger partial charge on any atom is -0.317 e. The van der Waals surface area contributed by atoms with Gasteiger partial charge in [-0.1, -0.05) is 34.8 Å². The standard InChI is InChI=1S/C11H7Cl3N4O/c1-5-2-6(3-7(12)17-5)11(19)18-8-9(13)15-4-16-10(8)14/h2-4H,1H3,(H,18,19). The first kappa shape index (κ1) is 14.0. The predicted molar refractivity (Wildman–Crippen MR) is 74.0 cm³/mol. The number of nitrogens with zero attached hydrogens (tertiary/aromatic N) is 3. The fourth-order valence-corrected chi connectivity index (χ4v) is 2.05. The summed E-state index contributed by atoms with van der Waals surface area (Å²) in [5.41, 5.74) is 1.12. The minimum absolute atomic E-state index is 0.0604. The molecule has 1 amide bonds. The molecule has 0 atom stereocenters. The number of hydrogen-bond acceptors (Lipinski definition) is 4. The van der Waals surface area contributed by atoms with Crippen LogP contribution in [0.4, 0.5) is 5.69 Å². The van der Waals surface area contributed by atoms with Crippen molar-refractivity contribution in [2.24, 2.45) is 0 Å². The fourth-order valence-electron chi connectivity index (χ4n) is 1.39. The molecule has 0 bridgehead atoms. The van der Waals surface area contributed by atoms with Gasteiger partial charge in [-0.15, -0.1) is 0 Å². The lowest BCUT2D eigenvalue weighted by Gasteiger charge is -2.08. The Morgan fingerprint density at radius 3 is 2.37 bits per heavy atom. The number of aromatic nitrogens is 3. The van der Waals surface area contributed by atoms with Gasteiger partial charge in [-0.3, -0.25) is 4.79 Å². The fraction of sp³-hybridized carbons (Fsp3) is 0.0909. The molecular weight excluding hydrogens is 311 g/mol. The molecule has 0 saturated carbocycles. The van der Waals surface area contributed by atoms with Gasteiger partial charge in [0.1, 0.15) is 17.2 Å². The van der Waals surface area contributed by atoms with Gasteiger partial charge in [-0.25, -0.2) is 15.0 Å². The van der Waals surface area contributed by atoms with E-state index in [1.165, 1.54) is 12.4 Å².